The Balaban J connectivity index is 1.38. The van der Waals surface area contributed by atoms with E-state index in [1.54, 1.807) is 4.57 Å². The summed E-state index contributed by atoms with van der Waals surface area (Å²) in [5.74, 6) is 0.0350. The summed E-state index contributed by atoms with van der Waals surface area (Å²) >= 11 is 0. The van der Waals surface area contributed by atoms with Crippen LogP contribution in [-0.4, -0.2) is 22.2 Å². The Morgan fingerprint density at radius 3 is 2.36 bits per heavy atom. The second-order valence-corrected chi connectivity index (χ2v) is 7.62. The Bertz CT molecular complexity index is 1470. The highest BCUT2D eigenvalue weighted by Crippen LogP contribution is 2.39. The minimum atomic E-state index is -0.540. The van der Waals surface area contributed by atoms with E-state index in [9.17, 15) is 9.90 Å². The van der Waals surface area contributed by atoms with Crippen LogP contribution in [0.5, 0.6) is 11.6 Å². The molecule has 0 atom stereocenters. The first-order valence-electron chi connectivity index (χ1n) is 10.6. The summed E-state index contributed by atoms with van der Waals surface area (Å²) in [5, 5.41) is 21.5. The average molecular weight is 435 g/mol. The van der Waals surface area contributed by atoms with Gasteiger partial charge in [0, 0.05) is 10.8 Å². The molecule has 162 valence electrons. The van der Waals surface area contributed by atoms with Crippen LogP contribution in [0.4, 0.5) is 5.69 Å². The number of para-hydroxylation sites is 1. The van der Waals surface area contributed by atoms with Crippen LogP contribution in [0.2, 0.25) is 0 Å². The van der Waals surface area contributed by atoms with Gasteiger partial charge in [0.1, 0.15) is 5.75 Å². The van der Waals surface area contributed by atoms with Gasteiger partial charge in [0.2, 0.25) is 5.88 Å². The molecule has 6 heteroatoms. The van der Waals surface area contributed by atoms with E-state index in [1.165, 1.54) is 0 Å². The SMILES string of the molecule is O=C(COc1cccc2ccccc12)N=Nc1c(O)n(Cc2ccccc2)c2ccccc12. The molecule has 5 rings (SSSR count). The fraction of sp³-hybridized carbons (Fsp3) is 0.0741. The van der Waals surface area contributed by atoms with Gasteiger partial charge in [-0.1, -0.05) is 84.9 Å². The van der Waals surface area contributed by atoms with Crippen molar-refractivity contribution >= 4 is 33.3 Å². The van der Waals surface area contributed by atoms with Crippen molar-refractivity contribution in [3.8, 4) is 11.6 Å². The van der Waals surface area contributed by atoms with Crippen LogP contribution in [0.15, 0.2) is 107 Å². The van der Waals surface area contributed by atoms with Crippen LogP contribution in [0.25, 0.3) is 21.7 Å². The number of hydrogen-bond acceptors (Lipinski definition) is 4. The maximum absolute atomic E-state index is 12.4. The van der Waals surface area contributed by atoms with Crippen LogP contribution in [0, 0.1) is 0 Å². The predicted octanol–water partition coefficient (Wildman–Crippen LogP) is 6.24. The lowest BCUT2D eigenvalue weighted by molar-refractivity contribution is -0.120. The molecule has 1 amide bonds. The molecule has 33 heavy (non-hydrogen) atoms. The molecular formula is C27H21N3O3. The molecule has 0 aliphatic heterocycles. The first-order valence-corrected chi connectivity index (χ1v) is 10.6. The number of carbonyl (C=O) groups is 1. The fourth-order valence-corrected chi connectivity index (χ4v) is 3.89. The van der Waals surface area contributed by atoms with Gasteiger partial charge in [0.05, 0.1) is 12.1 Å². The Kier molecular flexibility index (Phi) is 5.55. The van der Waals surface area contributed by atoms with E-state index in [0.717, 1.165) is 27.2 Å². The molecule has 1 aromatic heterocycles. The summed E-state index contributed by atoms with van der Waals surface area (Å²) in [6.07, 6.45) is 0. The third kappa shape index (κ3) is 4.19. The monoisotopic (exact) mass is 435 g/mol. The Hall–Kier alpha value is -4.45. The zero-order chi connectivity index (χ0) is 22.6. The number of benzene rings is 4. The number of ether oxygens (including phenoxy) is 1. The molecule has 0 aliphatic carbocycles. The van der Waals surface area contributed by atoms with E-state index in [-0.39, 0.29) is 18.2 Å². The molecule has 1 heterocycles. The van der Waals surface area contributed by atoms with E-state index >= 15 is 0 Å². The van der Waals surface area contributed by atoms with E-state index in [4.69, 9.17) is 4.74 Å². The molecule has 0 radical (unpaired) electrons. The minimum Gasteiger partial charge on any atom is -0.493 e. The van der Waals surface area contributed by atoms with Gasteiger partial charge < -0.3 is 14.4 Å². The van der Waals surface area contributed by atoms with E-state index < -0.39 is 5.91 Å². The summed E-state index contributed by atoms with van der Waals surface area (Å²) in [4.78, 5) is 12.4. The molecule has 0 spiro atoms. The van der Waals surface area contributed by atoms with Gasteiger partial charge in [-0.05, 0) is 23.1 Å². The molecule has 1 N–H and O–H groups in total. The Morgan fingerprint density at radius 1 is 0.818 bits per heavy atom. The van der Waals surface area contributed by atoms with Crippen molar-refractivity contribution in [1.29, 1.82) is 0 Å². The van der Waals surface area contributed by atoms with Gasteiger partial charge in [-0.15, -0.1) is 10.2 Å². The molecular weight excluding hydrogens is 414 g/mol. The van der Waals surface area contributed by atoms with Crippen molar-refractivity contribution in [1.82, 2.24) is 4.57 Å². The maximum atomic E-state index is 12.4. The minimum absolute atomic E-state index is 0.0356. The van der Waals surface area contributed by atoms with Gasteiger partial charge in [-0.2, -0.15) is 0 Å². The van der Waals surface area contributed by atoms with Crippen molar-refractivity contribution in [2.24, 2.45) is 10.2 Å². The number of hydrogen-bond donors (Lipinski definition) is 1. The largest absolute Gasteiger partial charge is 0.493 e. The van der Waals surface area contributed by atoms with Crippen molar-refractivity contribution in [2.75, 3.05) is 6.61 Å². The second kappa shape index (κ2) is 8.96. The Labute approximate surface area is 190 Å². The van der Waals surface area contributed by atoms with Gasteiger partial charge >= 0.3 is 5.91 Å². The summed E-state index contributed by atoms with van der Waals surface area (Å²) < 4.78 is 7.46. The van der Waals surface area contributed by atoms with Gasteiger partial charge in [-0.3, -0.25) is 4.79 Å². The van der Waals surface area contributed by atoms with Crippen molar-refractivity contribution < 1.29 is 14.6 Å². The topological polar surface area (TPSA) is 76.2 Å². The predicted molar refractivity (Wildman–Crippen MR) is 128 cm³/mol. The molecule has 0 saturated carbocycles. The summed E-state index contributed by atoms with van der Waals surface area (Å²) in [5.41, 5.74) is 2.11. The average Bonchev–Trinajstić information content (AvgIpc) is 3.12. The highest BCUT2D eigenvalue weighted by Gasteiger charge is 2.17. The summed E-state index contributed by atoms with van der Waals surface area (Å²) in [7, 11) is 0. The molecule has 0 aliphatic rings. The molecule has 0 unspecified atom stereocenters. The number of aromatic hydroxyl groups is 1. The maximum Gasteiger partial charge on any atom is 0.302 e. The quantitative estimate of drug-likeness (QED) is 0.321. The Morgan fingerprint density at radius 2 is 1.52 bits per heavy atom. The zero-order valence-electron chi connectivity index (χ0n) is 17.8. The third-order valence-corrected chi connectivity index (χ3v) is 5.46. The molecule has 4 aromatic carbocycles. The van der Waals surface area contributed by atoms with Gasteiger partial charge in [0.25, 0.3) is 0 Å². The lowest BCUT2D eigenvalue weighted by Crippen LogP contribution is -2.08. The number of fused-ring (bicyclic) bond motifs is 2. The van der Waals surface area contributed by atoms with E-state index in [2.05, 4.69) is 10.2 Å². The highest BCUT2D eigenvalue weighted by molar-refractivity contribution is 5.95. The van der Waals surface area contributed by atoms with Crippen LogP contribution in [-0.2, 0) is 11.3 Å². The van der Waals surface area contributed by atoms with E-state index in [1.807, 2.05) is 97.1 Å². The number of azo groups is 1. The van der Waals surface area contributed by atoms with Gasteiger partial charge in [0.15, 0.2) is 12.3 Å². The number of rotatable bonds is 6. The highest BCUT2D eigenvalue weighted by atomic mass is 16.5. The zero-order valence-corrected chi connectivity index (χ0v) is 17.8. The second-order valence-electron chi connectivity index (χ2n) is 7.62. The molecule has 5 aromatic rings. The normalized spacial score (nSPS) is 11.4. The molecule has 0 saturated heterocycles. The lowest BCUT2D eigenvalue weighted by atomic mass is 10.1. The van der Waals surface area contributed by atoms with E-state index in [0.29, 0.717) is 12.3 Å². The van der Waals surface area contributed by atoms with Crippen molar-refractivity contribution in [3.05, 3.63) is 103 Å². The fourth-order valence-electron chi connectivity index (χ4n) is 3.89. The van der Waals surface area contributed by atoms with Gasteiger partial charge in [-0.25, -0.2) is 0 Å². The van der Waals surface area contributed by atoms with Crippen molar-refractivity contribution in [2.45, 2.75) is 6.54 Å². The van der Waals surface area contributed by atoms with Crippen LogP contribution < -0.4 is 4.74 Å². The lowest BCUT2D eigenvalue weighted by Gasteiger charge is -2.07. The number of carbonyl (C=O) groups excluding carboxylic acids is 1. The summed E-state index contributed by atoms with van der Waals surface area (Å²) in [6, 6.07) is 30.8. The number of nitrogens with zero attached hydrogens (tertiary/aromatic N) is 3. The first-order chi connectivity index (χ1) is 16.2. The van der Waals surface area contributed by atoms with Crippen LogP contribution in [0.1, 0.15) is 5.56 Å². The number of aromatic nitrogens is 1. The first kappa shape index (κ1) is 20.5. The smallest absolute Gasteiger partial charge is 0.302 e. The third-order valence-electron chi connectivity index (χ3n) is 5.46. The molecule has 0 bridgehead atoms. The standard InChI is InChI=1S/C27H21N3O3/c31-25(18-33-24-16-8-12-20-11-4-5-13-21(20)24)28-29-26-22-14-6-7-15-23(22)30(27(26)32)17-19-9-2-1-3-10-19/h1-16,32H,17-18H2. The van der Waals surface area contributed by atoms with Crippen LogP contribution in [0.3, 0.4) is 0 Å². The van der Waals surface area contributed by atoms with Crippen LogP contribution >= 0.6 is 0 Å². The molecule has 6 nitrogen and oxygen atoms in total. The summed E-state index contributed by atoms with van der Waals surface area (Å²) in [6.45, 7) is 0.224. The number of amides is 1. The van der Waals surface area contributed by atoms with Crippen molar-refractivity contribution in [3.63, 3.8) is 0 Å². The molecule has 0 fully saturated rings.